The molecule has 0 fully saturated rings. The van der Waals surface area contributed by atoms with Gasteiger partial charge >= 0.3 is 5.97 Å². The Morgan fingerprint density at radius 2 is 1.95 bits per heavy atom. The zero-order chi connectivity index (χ0) is 15.0. The second-order valence-corrected chi connectivity index (χ2v) is 4.62. The molecule has 2 atom stereocenters. The van der Waals surface area contributed by atoms with Gasteiger partial charge in [-0.25, -0.2) is 4.79 Å². The van der Waals surface area contributed by atoms with E-state index in [1.165, 1.54) is 5.56 Å². The molecule has 20 heavy (non-hydrogen) atoms. The number of esters is 1. The molecule has 1 amide bonds. The van der Waals surface area contributed by atoms with E-state index >= 15 is 0 Å². The van der Waals surface area contributed by atoms with Gasteiger partial charge in [0, 0.05) is 6.54 Å². The van der Waals surface area contributed by atoms with Crippen molar-refractivity contribution in [3.05, 3.63) is 35.9 Å². The number of rotatable bonds is 7. The summed E-state index contributed by atoms with van der Waals surface area (Å²) >= 11 is 0. The smallest absolute Gasteiger partial charge is 0.332 e. The zero-order valence-electron chi connectivity index (χ0n) is 12.0. The van der Waals surface area contributed by atoms with E-state index in [0.717, 1.165) is 6.42 Å². The van der Waals surface area contributed by atoms with Crippen molar-refractivity contribution in [3.63, 3.8) is 0 Å². The standard InChI is InChI=1S/C15H22N2O3/c1-3-20-15(19)13(16)14(18)17-10-9-11(2)12-7-5-4-6-8-12/h4-8,11,13H,3,9-10,16H2,1-2H3,(H,17,18). The van der Waals surface area contributed by atoms with Crippen LogP contribution in [-0.2, 0) is 14.3 Å². The summed E-state index contributed by atoms with van der Waals surface area (Å²) in [4.78, 5) is 22.9. The maximum absolute atomic E-state index is 11.6. The Morgan fingerprint density at radius 3 is 2.55 bits per heavy atom. The third-order valence-electron chi connectivity index (χ3n) is 3.07. The van der Waals surface area contributed by atoms with E-state index in [1.54, 1.807) is 6.92 Å². The number of benzene rings is 1. The lowest BCUT2D eigenvalue weighted by molar-refractivity contribution is -0.147. The van der Waals surface area contributed by atoms with E-state index in [9.17, 15) is 9.59 Å². The second kappa shape index (κ2) is 8.32. The highest BCUT2D eigenvalue weighted by molar-refractivity contribution is 6.01. The quantitative estimate of drug-likeness (QED) is 0.580. The molecule has 3 N–H and O–H groups in total. The Hall–Kier alpha value is -1.88. The molecule has 1 aromatic carbocycles. The lowest BCUT2D eigenvalue weighted by atomic mass is 9.98. The molecular weight excluding hydrogens is 256 g/mol. The van der Waals surface area contributed by atoms with Crippen molar-refractivity contribution in [2.75, 3.05) is 13.2 Å². The van der Waals surface area contributed by atoms with E-state index in [4.69, 9.17) is 10.5 Å². The molecule has 5 heteroatoms. The van der Waals surface area contributed by atoms with Gasteiger partial charge < -0.3 is 15.8 Å². The minimum atomic E-state index is -1.25. The van der Waals surface area contributed by atoms with Gasteiger partial charge in [0.2, 0.25) is 5.91 Å². The van der Waals surface area contributed by atoms with Gasteiger partial charge in [0.05, 0.1) is 6.61 Å². The Labute approximate surface area is 119 Å². The lowest BCUT2D eigenvalue weighted by Gasteiger charge is -2.14. The number of hydrogen-bond donors (Lipinski definition) is 2. The predicted octanol–water partition coefficient (Wildman–Crippen LogP) is 1.19. The normalized spacial score (nSPS) is 13.3. The molecule has 110 valence electrons. The summed E-state index contributed by atoms with van der Waals surface area (Å²) in [5.74, 6) is -0.861. The fraction of sp³-hybridized carbons (Fsp3) is 0.467. The molecule has 0 saturated carbocycles. The SMILES string of the molecule is CCOC(=O)C(N)C(=O)NCCC(C)c1ccccc1. The second-order valence-electron chi connectivity index (χ2n) is 4.62. The topological polar surface area (TPSA) is 81.4 Å². The zero-order valence-corrected chi connectivity index (χ0v) is 12.0. The molecule has 1 rings (SSSR count). The summed E-state index contributed by atoms with van der Waals surface area (Å²) in [6.07, 6.45) is 0.783. The average Bonchev–Trinajstić information content (AvgIpc) is 2.47. The maximum Gasteiger partial charge on any atom is 0.332 e. The summed E-state index contributed by atoms with van der Waals surface area (Å²) in [6, 6.07) is 8.80. The molecule has 0 spiro atoms. The number of ether oxygens (including phenoxy) is 1. The van der Waals surface area contributed by atoms with Crippen molar-refractivity contribution in [2.24, 2.45) is 5.73 Å². The van der Waals surface area contributed by atoms with Crippen molar-refractivity contribution in [3.8, 4) is 0 Å². The van der Waals surface area contributed by atoms with Gasteiger partial charge in [-0.15, -0.1) is 0 Å². The van der Waals surface area contributed by atoms with Crippen LogP contribution in [0.15, 0.2) is 30.3 Å². The first kappa shape index (κ1) is 16.2. The molecule has 0 bridgehead atoms. The Morgan fingerprint density at radius 1 is 1.30 bits per heavy atom. The van der Waals surface area contributed by atoms with Crippen molar-refractivity contribution in [1.82, 2.24) is 5.32 Å². The van der Waals surface area contributed by atoms with Crippen LogP contribution in [0.25, 0.3) is 0 Å². The van der Waals surface area contributed by atoms with Gasteiger partial charge in [-0.3, -0.25) is 4.79 Å². The first-order chi connectivity index (χ1) is 9.56. The van der Waals surface area contributed by atoms with Gasteiger partial charge in [0.1, 0.15) is 0 Å². The summed E-state index contributed by atoms with van der Waals surface area (Å²) in [7, 11) is 0. The molecule has 0 heterocycles. The molecule has 2 unspecified atom stereocenters. The monoisotopic (exact) mass is 278 g/mol. The highest BCUT2D eigenvalue weighted by Gasteiger charge is 2.22. The van der Waals surface area contributed by atoms with Crippen molar-refractivity contribution < 1.29 is 14.3 Å². The number of hydrogen-bond acceptors (Lipinski definition) is 4. The average molecular weight is 278 g/mol. The van der Waals surface area contributed by atoms with E-state index < -0.39 is 17.9 Å². The van der Waals surface area contributed by atoms with Gasteiger partial charge in [-0.2, -0.15) is 0 Å². The first-order valence-electron chi connectivity index (χ1n) is 6.81. The van der Waals surface area contributed by atoms with E-state index in [0.29, 0.717) is 12.5 Å². The molecule has 0 aliphatic rings. The van der Waals surface area contributed by atoms with Gasteiger partial charge in [0.15, 0.2) is 6.04 Å². The highest BCUT2D eigenvalue weighted by atomic mass is 16.5. The van der Waals surface area contributed by atoms with Crippen molar-refractivity contribution in [2.45, 2.75) is 32.2 Å². The van der Waals surface area contributed by atoms with Crippen LogP contribution in [0.1, 0.15) is 31.7 Å². The molecular formula is C15H22N2O3. The van der Waals surface area contributed by atoms with Crippen molar-refractivity contribution in [1.29, 1.82) is 0 Å². The minimum Gasteiger partial charge on any atom is -0.464 e. The number of nitrogens with two attached hydrogens (primary N) is 1. The number of amides is 1. The third-order valence-corrected chi connectivity index (χ3v) is 3.07. The van der Waals surface area contributed by atoms with Crippen LogP contribution >= 0.6 is 0 Å². The van der Waals surface area contributed by atoms with Crippen molar-refractivity contribution >= 4 is 11.9 Å². The van der Waals surface area contributed by atoms with Crippen LogP contribution in [-0.4, -0.2) is 31.1 Å². The first-order valence-corrected chi connectivity index (χ1v) is 6.81. The van der Waals surface area contributed by atoms with Crippen LogP contribution < -0.4 is 11.1 Å². The Kier molecular flexibility index (Phi) is 6.73. The maximum atomic E-state index is 11.6. The van der Waals surface area contributed by atoms with E-state index in [1.807, 2.05) is 18.2 Å². The van der Waals surface area contributed by atoms with Crippen LogP contribution in [0.5, 0.6) is 0 Å². The minimum absolute atomic E-state index is 0.213. The van der Waals surface area contributed by atoms with Crippen LogP contribution in [0.3, 0.4) is 0 Å². The molecule has 0 aromatic heterocycles. The van der Waals surface area contributed by atoms with E-state index in [-0.39, 0.29) is 6.61 Å². The van der Waals surface area contributed by atoms with Gasteiger partial charge in [-0.05, 0) is 24.8 Å². The Balaban J connectivity index is 2.33. The predicted molar refractivity (Wildman–Crippen MR) is 77.1 cm³/mol. The third kappa shape index (κ3) is 5.01. The lowest BCUT2D eigenvalue weighted by Crippen LogP contribution is -2.47. The largest absolute Gasteiger partial charge is 0.464 e. The highest BCUT2D eigenvalue weighted by Crippen LogP contribution is 2.17. The number of carbonyl (C=O) groups is 2. The summed E-state index contributed by atoms with van der Waals surface area (Å²) < 4.78 is 4.70. The molecule has 0 radical (unpaired) electrons. The molecule has 0 aliphatic carbocycles. The summed E-state index contributed by atoms with van der Waals surface area (Å²) in [5.41, 5.74) is 6.71. The Bertz CT molecular complexity index is 434. The van der Waals surface area contributed by atoms with Gasteiger partial charge in [-0.1, -0.05) is 37.3 Å². The van der Waals surface area contributed by atoms with E-state index in [2.05, 4.69) is 24.4 Å². The number of nitrogens with one attached hydrogen (secondary N) is 1. The molecule has 0 aliphatic heterocycles. The summed E-state index contributed by atoms with van der Waals surface area (Å²) in [5, 5.41) is 2.66. The number of carbonyl (C=O) groups excluding carboxylic acids is 2. The summed E-state index contributed by atoms with van der Waals surface area (Å²) in [6.45, 7) is 4.45. The van der Waals surface area contributed by atoms with Gasteiger partial charge in [0.25, 0.3) is 0 Å². The van der Waals surface area contributed by atoms with Crippen LogP contribution in [0, 0.1) is 0 Å². The van der Waals surface area contributed by atoms with Crippen LogP contribution in [0.4, 0.5) is 0 Å². The molecule has 0 saturated heterocycles. The fourth-order valence-corrected chi connectivity index (χ4v) is 1.81. The molecule has 5 nitrogen and oxygen atoms in total. The molecule has 1 aromatic rings. The fourth-order valence-electron chi connectivity index (χ4n) is 1.81. The van der Waals surface area contributed by atoms with Crippen LogP contribution in [0.2, 0.25) is 0 Å².